The minimum Gasteiger partial charge on any atom is -0.415 e. The van der Waals surface area contributed by atoms with Crippen LogP contribution in [-0.4, -0.2) is 15.9 Å². The second-order valence-corrected chi connectivity index (χ2v) is 6.32. The maximum atomic E-state index is 6.11. The van der Waals surface area contributed by atoms with E-state index in [4.69, 9.17) is 4.43 Å². The Balaban J connectivity index is 1.82. The Labute approximate surface area is 83.5 Å². The molecule has 13 heavy (non-hydrogen) atoms. The van der Waals surface area contributed by atoms with Crippen LogP contribution in [0.1, 0.15) is 39.5 Å². The Bertz CT molecular complexity index is 192. The zero-order valence-electron chi connectivity index (χ0n) is 8.75. The number of rotatable bonds is 3. The lowest BCUT2D eigenvalue weighted by Gasteiger charge is -2.16. The molecule has 2 aliphatic rings. The molecule has 2 heteroatoms. The lowest BCUT2D eigenvalue weighted by atomic mass is 10.0. The third kappa shape index (κ3) is 1.89. The third-order valence-electron chi connectivity index (χ3n) is 3.74. The highest BCUT2D eigenvalue weighted by Crippen LogP contribution is 2.46. The van der Waals surface area contributed by atoms with Crippen LogP contribution in [0.4, 0.5) is 0 Å². The maximum absolute atomic E-state index is 6.11. The second kappa shape index (κ2) is 3.97. The molecule has 2 fully saturated rings. The molecule has 1 nitrogen and oxygen atoms in total. The second-order valence-electron chi connectivity index (χ2n) is 4.59. The van der Waals surface area contributed by atoms with Gasteiger partial charge in [-0.05, 0) is 51.4 Å². The van der Waals surface area contributed by atoms with Gasteiger partial charge < -0.3 is 4.43 Å². The predicted octanol–water partition coefficient (Wildman–Crippen LogP) is 2.20. The SMILES string of the molecule is C/C=C(\C)[SiH2]OC1C2CCC1CC2. The fourth-order valence-corrected chi connectivity index (χ4v) is 3.94. The Kier molecular flexibility index (Phi) is 2.89. The molecular weight excluding hydrogens is 176 g/mol. The topological polar surface area (TPSA) is 9.23 Å². The van der Waals surface area contributed by atoms with Gasteiger partial charge in [-0.3, -0.25) is 0 Å². The van der Waals surface area contributed by atoms with Gasteiger partial charge >= 0.3 is 0 Å². The lowest BCUT2D eigenvalue weighted by molar-refractivity contribution is 0.165. The van der Waals surface area contributed by atoms with Gasteiger partial charge in [0.25, 0.3) is 0 Å². The van der Waals surface area contributed by atoms with Crippen LogP contribution in [0.5, 0.6) is 0 Å². The molecule has 0 N–H and O–H groups in total. The summed E-state index contributed by atoms with van der Waals surface area (Å²) in [5, 5.41) is 1.51. The average molecular weight is 196 g/mol. The van der Waals surface area contributed by atoms with Crippen LogP contribution in [0, 0.1) is 11.8 Å². The van der Waals surface area contributed by atoms with Crippen molar-refractivity contribution in [2.75, 3.05) is 0 Å². The van der Waals surface area contributed by atoms with Gasteiger partial charge in [-0.2, -0.15) is 0 Å². The van der Waals surface area contributed by atoms with E-state index in [1.165, 1.54) is 30.9 Å². The molecular formula is C11H20OSi. The van der Waals surface area contributed by atoms with Gasteiger partial charge in [0.05, 0.1) is 6.10 Å². The highest BCUT2D eigenvalue weighted by Gasteiger charge is 2.41. The van der Waals surface area contributed by atoms with Crippen LogP contribution in [0.25, 0.3) is 0 Å². The zero-order valence-corrected chi connectivity index (χ0v) is 10.2. The maximum Gasteiger partial charge on any atom is 0.188 e. The molecule has 0 aliphatic heterocycles. The van der Waals surface area contributed by atoms with Gasteiger partial charge in [-0.1, -0.05) is 11.3 Å². The average Bonchev–Trinajstić information content (AvgIpc) is 2.73. The molecule has 0 unspecified atom stereocenters. The standard InChI is InChI=1S/C11H20OSi/c1-3-8(2)13-12-11-9-4-5-10(11)7-6-9/h3,9-11H,4-7,13H2,1-2H3/b8-3+. The molecule has 0 atom stereocenters. The van der Waals surface area contributed by atoms with Crippen molar-refractivity contribution in [2.45, 2.75) is 45.6 Å². The van der Waals surface area contributed by atoms with Gasteiger partial charge in [0, 0.05) is 0 Å². The van der Waals surface area contributed by atoms with E-state index in [0.717, 1.165) is 11.8 Å². The summed E-state index contributed by atoms with van der Waals surface area (Å²) in [5.74, 6) is 1.87. The summed E-state index contributed by atoms with van der Waals surface area (Å²) in [6.07, 6.45) is 8.65. The number of hydrogen-bond acceptors (Lipinski definition) is 1. The first-order valence-electron chi connectivity index (χ1n) is 5.54. The normalized spacial score (nSPS) is 39.5. The van der Waals surface area contributed by atoms with E-state index in [1.54, 1.807) is 0 Å². The van der Waals surface area contributed by atoms with E-state index in [1.807, 2.05) is 0 Å². The molecule has 0 spiro atoms. The van der Waals surface area contributed by atoms with Crippen LogP contribution in [0.3, 0.4) is 0 Å². The van der Waals surface area contributed by atoms with Crippen LogP contribution >= 0.6 is 0 Å². The summed E-state index contributed by atoms with van der Waals surface area (Å²) < 4.78 is 6.11. The van der Waals surface area contributed by atoms with Crippen LogP contribution in [0.15, 0.2) is 11.3 Å². The smallest absolute Gasteiger partial charge is 0.188 e. The van der Waals surface area contributed by atoms with Crippen molar-refractivity contribution < 1.29 is 4.43 Å². The first-order valence-corrected chi connectivity index (χ1v) is 6.83. The fourth-order valence-electron chi connectivity index (χ4n) is 2.77. The first-order chi connectivity index (χ1) is 6.31. The van der Waals surface area contributed by atoms with E-state index in [-0.39, 0.29) is 9.76 Å². The summed E-state index contributed by atoms with van der Waals surface area (Å²) in [6.45, 7) is 4.33. The van der Waals surface area contributed by atoms with E-state index >= 15 is 0 Å². The molecule has 2 bridgehead atoms. The van der Waals surface area contributed by atoms with Crippen molar-refractivity contribution in [1.29, 1.82) is 0 Å². The molecule has 0 radical (unpaired) electrons. The minimum atomic E-state index is -0.356. The number of hydrogen-bond donors (Lipinski definition) is 0. The molecule has 2 rings (SSSR count). The quantitative estimate of drug-likeness (QED) is 0.629. The first kappa shape index (κ1) is 9.47. The number of fused-ring (bicyclic) bond motifs is 2. The molecule has 0 aromatic carbocycles. The molecule has 0 aromatic rings. The monoisotopic (exact) mass is 196 g/mol. The molecule has 0 aromatic heterocycles. The molecule has 74 valence electrons. The summed E-state index contributed by atoms with van der Waals surface area (Å²) in [7, 11) is -0.356. The van der Waals surface area contributed by atoms with Gasteiger partial charge in [-0.25, -0.2) is 0 Å². The van der Waals surface area contributed by atoms with Crippen molar-refractivity contribution in [2.24, 2.45) is 11.8 Å². The molecule has 0 heterocycles. The van der Waals surface area contributed by atoms with E-state index in [9.17, 15) is 0 Å². The van der Waals surface area contributed by atoms with Crippen LogP contribution < -0.4 is 0 Å². The van der Waals surface area contributed by atoms with Crippen molar-refractivity contribution >= 4 is 9.76 Å². The van der Waals surface area contributed by atoms with Gasteiger partial charge in [0.1, 0.15) is 0 Å². The fraction of sp³-hybridized carbons (Fsp3) is 0.818. The van der Waals surface area contributed by atoms with Crippen molar-refractivity contribution in [3.05, 3.63) is 11.3 Å². The highest BCUT2D eigenvalue weighted by molar-refractivity contribution is 6.37. The molecule has 0 amide bonds. The molecule has 2 aliphatic carbocycles. The largest absolute Gasteiger partial charge is 0.415 e. The summed E-state index contributed by atoms with van der Waals surface area (Å²) in [6, 6.07) is 0. The Morgan fingerprint density at radius 3 is 2.23 bits per heavy atom. The predicted molar refractivity (Wildman–Crippen MR) is 58.3 cm³/mol. The zero-order chi connectivity index (χ0) is 9.26. The van der Waals surface area contributed by atoms with Crippen LogP contribution in [-0.2, 0) is 4.43 Å². The Hall–Kier alpha value is -0.0831. The lowest BCUT2D eigenvalue weighted by Crippen LogP contribution is -2.20. The minimum absolute atomic E-state index is 0.356. The van der Waals surface area contributed by atoms with E-state index < -0.39 is 0 Å². The van der Waals surface area contributed by atoms with Crippen molar-refractivity contribution in [1.82, 2.24) is 0 Å². The summed E-state index contributed by atoms with van der Waals surface area (Å²) in [5.41, 5.74) is 0. The summed E-state index contributed by atoms with van der Waals surface area (Å²) >= 11 is 0. The molecule has 0 saturated heterocycles. The highest BCUT2D eigenvalue weighted by atomic mass is 28.2. The van der Waals surface area contributed by atoms with Gasteiger partial charge in [0.15, 0.2) is 9.76 Å². The molecule has 2 saturated carbocycles. The Morgan fingerprint density at radius 1 is 1.23 bits per heavy atom. The van der Waals surface area contributed by atoms with Crippen LogP contribution in [0.2, 0.25) is 0 Å². The van der Waals surface area contributed by atoms with Crippen molar-refractivity contribution in [3.63, 3.8) is 0 Å². The summed E-state index contributed by atoms with van der Waals surface area (Å²) in [4.78, 5) is 0. The van der Waals surface area contributed by atoms with E-state index in [2.05, 4.69) is 19.9 Å². The van der Waals surface area contributed by atoms with Gasteiger partial charge in [-0.15, -0.1) is 0 Å². The van der Waals surface area contributed by atoms with E-state index in [0.29, 0.717) is 6.10 Å². The van der Waals surface area contributed by atoms with Gasteiger partial charge in [0.2, 0.25) is 0 Å². The third-order valence-corrected chi connectivity index (χ3v) is 5.16. The van der Waals surface area contributed by atoms with Crippen molar-refractivity contribution in [3.8, 4) is 0 Å². The Morgan fingerprint density at radius 2 is 1.77 bits per heavy atom. The number of allylic oxidation sites excluding steroid dienone is 2.